The van der Waals surface area contributed by atoms with Crippen LogP contribution in [0.1, 0.15) is 70.4 Å². The molecule has 0 aliphatic heterocycles. The van der Waals surface area contributed by atoms with Gasteiger partial charge in [0.25, 0.3) is 0 Å². The van der Waals surface area contributed by atoms with Gasteiger partial charge in [0.15, 0.2) is 0 Å². The van der Waals surface area contributed by atoms with E-state index in [2.05, 4.69) is 23.4 Å². The van der Waals surface area contributed by atoms with Crippen LogP contribution in [0.15, 0.2) is 6.20 Å². The molecule has 1 rings (SSSR count). The van der Waals surface area contributed by atoms with Gasteiger partial charge >= 0.3 is 0 Å². The number of hydrogen-bond donors (Lipinski definition) is 1. The zero-order chi connectivity index (χ0) is 13.8. The Kier molecular flexibility index (Phi) is 9.33. The lowest BCUT2D eigenvalue weighted by molar-refractivity contribution is 0.510. The van der Waals surface area contributed by atoms with Gasteiger partial charge in [-0.3, -0.25) is 4.68 Å². The number of hydrogen-bond acceptors (Lipinski definition) is 3. The molecule has 0 saturated carbocycles. The van der Waals surface area contributed by atoms with Gasteiger partial charge in [0.2, 0.25) is 0 Å². The molecule has 0 spiro atoms. The highest BCUT2D eigenvalue weighted by atomic mass is 15.4. The second kappa shape index (κ2) is 11.0. The topological polar surface area (TPSA) is 56.7 Å². The second-order valence-electron chi connectivity index (χ2n) is 5.34. The standard InChI is InChI=1S/C15H30N4/c1-2-3-4-5-6-7-8-9-13-19-14-15(17-18-19)11-10-12-16/h14H,2-13,16H2,1H3. The van der Waals surface area contributed by atoms with E-state index in [1.165, 1.54) is 51.4 Å². The van der Waals surface area contributed by atoms with Crippen molar-refractivity contribution in [2.24, 2.45) is 5.73 Å². The fourth-order valence-corrected chi connectivity index (χ4v) is 2.25. The summed E-state index contributed by atoms with van der Waals surface area (Å²) in [6.07, 6.45) is 14.8. The highest BCUT2D eigenvalue weighted by Crippen LogP contribution is 2.09. The van der Waals surface area contributed by atoms with E-state index in [0.29, 0.717) is 0 Å². The largest absolute Gasteiger partial charge is 0.330 e. The molecule has 0 amide bonds. The van der Waals surface area contributed by atoms with Crippen molar-refractivity contribution in [3.05, 3.63) is 11.9 Å². The summed E-state index contributed by atoms with van der Waals surface area (Å²) in [6.45, 7) is 4.00. The Morgan fingerprint density at radius 3 is 2.37 bits per heavy atom. The van der Waals surface area contributed by atoms with Crippen molar-refractivity contribution in [2.75, 3.05) is 6.54 Å². The van der Waals surface area contributed by atoms with Crippen LogP contribution in [0.5, 0.6) is 0 Å². The molecule has 0 aliphatic rings. The fraction of sp³-hybridized carbons (Fsp3) is 0.867. The minimum Gasteiger partial charge on any atom is -0.330 e. The summed E-state index contributed by atoms with van der Waals surface area (Å²) in [5.41, 5.74) is 6.56. The molecular formula is C15H30N4. The number of aromatic nitrogens is 3. The number of nitrogens with zero attached hydrogens (tertiary/aromatic N) is 3. The van der Waals surface area contributed by atoms with Crippen LogP contribution in [0.3, 0.4) is 0 Å². The maximum atomic E-state index is 5.49. The van der Waals surface area contributed by atoms with Crippen LogP contribution < -0.4 is 5.73 Å². The first kappa shape index (κ1) is 16.2. The zero-order valence-corrected chi connectivity index (χ0v) is 12.5. The van der Waals surface area contributed by atoms with Crippen molar-refractivity contribution in [3.8, 4) is 0 Å². The molecule has 1 aromatic heterocycles. The van der Waals surface area contributed by atoms with E-state index in [1.807, 2.05) is 4.68 Å². The smallest absolute Gasteiger partial charge is 0.0827 e. The van der Waals surface area contributed by atoms with Gasteiger partial charge in [-0.15, -0.1) is 5.10 Å². The van der Waals surface area contributed by atoms with Gasteiger partial charge in [0, 0.05) is 12.7 Å². The van der Waals surface area contributed by atoms with Crippen LogP contribution in [0.25, 0.3) is 0 Å². The van der Waals surface area contributed by atoms with Crippen LogP contribution in [-0.4, -0.2) is 21.5 Å². The Hall–Kier alpha value is -0.900. The maximum absolute atomic E-state index is 5.49. The molecule has 0 saturated heterocycles. The Bertz CT molecular complexity index is 309. The molecule has 110 valence electrons. The van der Waals surface area contributed by atoms with E-state index < -0.39 is 0 Å². The van der Waals surface area contributed by atoms with Crippen LogP contribution in [0.2, 0.25) is 0 Å². The molecule has 4 nitrogen and oxygen atoms in total. The number of rotatable bonds is 12. The molecule has 0 radical (unpaired) electrons. The van der Waals surface area contributed by atoms with Crippen LogP contribution in [0, 0.1) is 0 Å². The summed E-state index contributed by atoms with van der Waals surface area (Å²) in [7, 11) is 0. The third-order valence-corrected chi connectivity index (χ3v) is 3.46. The summed E-state index contributed by atoms with van der Waals surface area (Å²) in [6, 6.07) is 0. The molecule has 0 aliphatic carbocycles. The van der Waals surface area contributed by atoms with Crippen molar-refractivity contribution in [3.63, 3.8) is 0 Å². The average Bonchev–Trinajstić information content (AvgIpc) is 2.87. The third-order valence-electron chi connectivity index (χ3n) is 3.46. The minimum absolute atomic E-state index is 0.727. The van der Waals surface area contributed by atoms with Crippen LogP contribution in [-0.2, 0) is 13.0 Å². The van der Waals surface area contributed by atoms with E-state index in [9.17, 15) is 0 Å². The van der Waals surface area contributed by atoms with E-state index >= 15 is 0 Å². The Labute approximate surface area is 117 Å². The van der Waals surface area contributed by atoms with Gasteiger partial charge in [-0.2, -0.15) is 0 Å². The summed E-state index contributed by atoms with van der Waals surface area (Å²) in [5.74, 6) is 0. The van der Waals surface area contributed by atoms with Crippen molar-refractivity contribution >= 4 is 0 Å². The van der Waals surface area contributed by atoms with Crippen molar-refractivity contribution in [1.82, 2.24) is 15.0 Å². The minimum atomic E-state index is 0.727. The normalized spacial score (nSPS) is 11.1. The second-order valence-corrected chi connectivity index (χ2v) is 5.34. The van der Waals surface area contributed by atoms with Crippen LogP contribution in [0.4, 0.5) is 0 Å². The number of unbranched alkanes of at least 4 members (excludes halogenated alkanes) is 7. The Morgan fingerprint density at radius 1 is 1.00 bits per heavy atom. The molecule has 19 heavy (non-hydrogen) atoms. The summed E-state index contributed by atoms with van der Waals surface area (Å²) in [5, 5.41) is 8.31. The van der Waals surface area contributed by atoms with E-state index in [0.717, 1.165) is 31.6 Å². The number of nitrogens with two attached hydrogens (primary N) is 1. The molecule has 1 heterocycles. The van der Waals surface area contributed by atoms with Gasteiger partial charge in [-0.05, 0) is 25.8 Å². The monoisotopic (exact) mass is 266 g/mol. The molecule has 0 aromatic carbocycles. The molecule has 2 N–H and O–H groups in total. The first-order valence-corrected chi connectivity index (χ1v) is 7.96. The first-order valence-electron chi connectivity index (χ1n) is 7.96. The van der Waals surface area contributed by atoms with Crippen molar-refractivity contribution in [2.45, 2.75) is 77.7 Å². The average molecular weight is 266 g/mol. The predicted octanol–water partition coefficient (Wildman–Crippen LogP) is 3.31. The van der Waals surface area contributed by atoms with Crippen molar-refractivity contribution in [1.29, 1.82) is 0 Å². The SMILES string of the molecule is CCCCCCCCCCn1cc(CCCN)nn1. The molecule has 0 fully saturated rings. The summed E-state index contributed by atoms with van der Waals surface area (Å²) < 4.78 is 1.98. The van der Waals surface area contributed by atoms with E-state index in [1.54, 1.807) is 0 Å². The Balaban J connectivity index is 1.98. The quantitative estimate of drug-likeness (QED) is 0.590. The zero-order valence-electron chi connectivity index (χ0n) is 12.5. The molecule has 0 atom stereocenters. The lowest BCUT2D eigenvalue weighted by atomic mass is 10.1. The lowest BCUT2D eigenvalue weighted by Crippen LogP contribution is -2.00. The maximum Gasteiger partial charge on any atom is 0.0827 e. The molecule has 0 bridgehead atoms. The first-order chi connectivity index (χ1) is 9.36. The van der Waals surface area contributed by atoms with E-state index in [-0.39, 0.29) is 0 Å². The molecule has 1 aromatic rings. The highest BCUT2D eigenvalue weighted by Gasteiger charge is 2.00. The Morgan fingerprint density at radius 2 is 1.68 bits per heavy atom. The van der Waals surface area contributed by atoms with Gasteiger partial charge in [-0.1, -0.05) is 57.1 Å². The number of aryl methyl sites for hydroxylation is 2. The van der Waals surface area contributed by atoms with Crippen molar-refractivity contribution < 1.29 is 0 Å². The lowest BCUT2D eigenvalue weighted by Gasteiger charge is -2.01. The van der Waals surface area contributed by atoms with Gasteiger partial charge < -0.3 is 5.73 Å². The van der Waals surface area contributed by atoms with Gasteiger partial charge in [0.1, 0.15) is 0 Å². The molecule has 0 unspecified atom stereocenters. The van der Waals surface area contributed by atoms with Gasteiger partial charge in [0.05, 0.1) is 5.69 Å². The van der Waals surface area contributed by atoms with Crippen LogP contribution >= 0.6 is 0 Å². The van der Waals surface area contributed by atoms with E-state index in [4.69, 9.17) is 5.73 Å². The third kappa shape index (κ3) is 7.98. The summed E-state index contributed by atoms with van der Waals surface area (Å²) in [4.78, 5) is 0. The molecular weight excluding hydrogens is 236 g/mol. The van der Waals surface area contributed by atoms with Gasteiger partial charge in [-0.25, -0.2) is 0 Å². The molecule has 4 heteroatoms. The predicted molar refractivity (Wildman–Crippen MR) is 80.0 cm³/mol. The highest BCUT2D eigenvalue weighted by molar-refractivity contribution is 4.92. The fourth-order valence-electron chi connectivity index (χ4n) is 2.25. The summed E-state index contributed by atoms with van der Waals surface area (Å²) >= 11 is 0.